The summed E-state index contributed by atoms with van der Waals surface area (Å²) in [5.41, 5.74) is 2.66. The SMILES string of the molecule is CCCCc1ccc(C(Cl)C2CCCOC2)cc1. The zero-order chi connectivity index (χ0) is 12.8. The van der Waals surface area contributed by atoms with Gasteiger partial charge in [0, 0.05) is 12.5 Å². The lowest BCUT2D eigenvalue weighted by molar-refractivity contribution is 0.0531. The Morgan fingerprint density at radius 3 is 2.72 bits per heavy atom. The highest BCUT2D eigenvalue weighted by atomic mass is 35.5. The van der Waals surface area contributed by atoms with Crippen molar-refractivity contribution in [1.82, 2.24) is 0 Å². The Kier molecular flexibility index (Phi) is 5.52. The van der Waals surface area contributed by atoms with E-state index in [1.54, 1.807) is 0 Å². The number of halogens is 1. The van der Waals surface area contributed by atoms with E-state index in [0.29, 0.717) is 5.92 Å². The molecular weight excluding hydrogens is 244 g/mol. The van der Waals surface area contributed by atoms with Gasteiger partial charge in [-0.1, -0.05) is 37.6 Å². The second kappa shape index (κ2) is 7.16. The number of hydrogen-bond acceptors (Lipinski definition) is 1. The predicted octanol–water partition coefficient (Wildman–Crippen LogP) is 4.74. The van der Waals surface area contributed by atoms with Crippen LogP contribution in [0, 0.1) is 5.92 Å². The molecule has 1 aliphatic heterocycles. The van der Waals surface area contributed by atoms with Gasteiger partial charge in [0.1, 0.15) is 0 Å². The van der Waals surface area contributed by atoms with E-state index >= 15 is 0 Å². The smallest absolute Gasteiger partial charge is 0.0635 e. The molecule has 0 radical (unpaired) electrons. The number of benzene rings is 1. The summed E-state index contributed by atoms with van der Waals surface area (Å²) in [6.45, 7) is 3.94. The summed E-state index contributed by atoms with van der Waals surface area (Å²) in [6, 6.07) is 8.84. The molecule has 1 aromatic rings. The molecule has 100 valence electrons. The molecule has 1 nitrogen and oxygen atoms in total. The highest BCUT2D eigenvalue weighted by Gasteiger charge is 2.23. The summed E-state index contributed by atoms with van der Waals surface area (Å²) < 4.78 is 5.52. The van der Waals surface area contributed by atoms with Crippen molar-refractivity contribution >= 4 is 11.6 Å². The molecule has 2 atom stereocenters. The normalized spacial score (nSPS) is 21.8. The van der Waals surface area contributed by atoms with E-state index in [1.807, 2.05) is 0 Å². The molecule has 1 fully saturated rings. The Morgan fingerprint density at radius 2 is 2.11 bits per heavy atom. The van der Waals surface area contributed by atoms with Crippen molar-refractivity contribution in [3.63, 3.8) is 0 Å². The zero-order valence-electron chi connectivity index (χ0n) is 11.2. The Labute approximate surface area is 115 Å². The topological polar surface area (TPSA) is 9.23 Å². The van der Waals surface area contributed by atoms with Crippen LogP contribution in [-0.2, 0) is 11.2 Å². The molecule has 2 rings (SSSR count). The van der Waals surface area contributed by atoms with Crippen LogP contribution in [0.5, 0.6) is 0 Å². The average molecular weight is 267 g/mol. The van der Waals surface area contributed by atoms with E-state index in [9.17, 15) is 0 Å². The first-order valence-corrected chi connectivity index (χ1v) is 7.55. The molecule has 0 amide bonds. The largest absolute Gasteiger partial charge is 0.381 e. The van der Waals surface area contributed by atoms with E-state index in [0.717, 1.165) is 19.6 Å². The van der Waals surface area contributed by atoms with Gasteiger partial charge >= 0.3 is 0 Å². The van der Waals surface area contributed by atoms with E-state index < -0.39 is 0 Å². The molecule has 1 aromatic carbocycles. The Bertz CT molecular complexity index is 341. The van der Waals surface area contributed by atoms with E-state index in [2.05, 4.69) is 31.2 Å². The van der Waals surface area contributed by atoms with Gasteiger partial charge in [0.25, 0.3) is 0 Å². The minimum atomic E-state index is 0.102. The molecule has 0 aromatic heterocycles. The summed E-state index contributed by atoms with van der Waals surface area (Å²) in [5, 5.41) is 0.102. The number of ether oxygens (including phenoxy) is 1. The Balaban J connectivity index is 1.95. The Morgan fingerprint density at radius 1 is 1.33 bits per heavy atom. The second-order valence-electron chi connectivity index (χ2n) is 5.22. The molecule has 1 aliphatic rings. The van der Waals surface area contributed by atoms with E-state index in [1.165, 1.54) is 36.8 Å². The van der Waals surface area contributed by atoms with Crippen LogP contribution in [0.15, 0.2) is 24.3 Å². The van der Waals surface area contributed by atoms with Crippen molar-refractivity contribution < 1.29 is 4.74 Å². The van der Waals surface area contributed by atoms with Gasteiger partial charge in [-0.15, -0.1) is 11.6 Å². The van der Waals surface area contributed by atoms with Crippen molar-refractivity contribution in [2.45, 2.75) is 44.4 Å². The number of aryl methyl sites for hydroxylation is 1. The minimum Gasteiger partial charge on any atom is -0.381 e. The monoisotopic (exact) mass is 266 g/mol. The zero-order valence-corrected chi connectivity index (χ0v) is 12.0. The van der Waals surface area contributed by atoms with Gasteiger partial charge in [0.15, 0.2) is 0 Å². The number of hydrogen-bond donors (Lipinski definition) is 0. The summed E-state index contributed by atoms with van der Waals surface area (Å²) in [5.74, 6) is 0.474. The van der Waals surface area contributed by atoms with Crippen molar-refractivity contribution in [1.29, 1.82) is 0 Å². The van der Waals surface area contributed by atoms with Gasteiger partial charge in [0.05, 0.1) is 12.0 Å². The molecule has 0 N–H and O–H groups in total. The molecule has 2 heteroatoms. The number of alkyl halides is 1. The molecule has 2 unspecified atom stereocenters. The van der Waals surface area contributed by atoms with Gasteiger partial charge in [0.2, 0.25) is 0 Å². The van der Waals surface area contributed by atoms with Gasteiger partial charge in [-0.25, -0.2) is 0 Å². The lowest BCUT2D eigenvalue weighted by Crippen LogP contribution is -2.21. The standard InChI is InChI=1S/C16H23ClO/c1-2-3-5-13-7-9-14(10-8-13)16(17)15-6-4-11-18-12-15/h7-10,15-16H,2-6,11-12H2,1H3. The second-order valence-corrected chi connectivity index (χ2v) is 5.69. The maximum Gasteiger partial charge on any atom is 0.0635 e. The summed E-state index contributed by atoms with van der Waals surface area (Å²) in [7, 11) is 0. The van der Waals surface area contributed by atoms with Gasteiger partial charge in [-0.05, 0) is 36.8 Å². The summed E-state index contributed by atoms with van der Waals surface area (Å²) >= 11 is 6.56. The molecular formula is C16H23ClO. The van der Waals surface area contributed by atoms with Gasteiger partial charge in [-0.3, -0.25) is 0 Å². The maximum absolute atomic E-state index is 6.56. The molecule has 0 spiro atoms. The van der Waals surface area contributed by atoms with E-state index in [-0.39, 0.29) is 5.38 Å². The van der Waals surface area contributed by atoms with Crippen LogP contribution in [0.3, 0.4) is 0 Å². The fourth-order valence-corrected chi connectivity index (χ4v) is 2.86. The first-order valence-electron chi connectivity index (χ1n) is 7.12. The first-order chi connectivity index (χ1) is 8.81. The molecule has 0 bridgehead atoms. The highest BCUT2D eigenvalue weighted by Crippen LogP contribution is 2.34. The van der Waals surface area contributed by atoms with Crippen LogP contribution in [0.2, 0.25) is 0 Å². The van der Waals surface area contributed by atoms with E-state index in [4.69, 9.17) is 16.3 Å². The highest BCUT2D eigenvalue weighted by molar-refractivity contribution is 6.21. The molecule has 0 aliphatic carbocycles. The first kappa shape index (κ1) is 13.9. The van der Waals surface area contributed by atoms with Gasteiger partial charge < -0.3 is 4.74 Å². The van der Waals surface area contributed by atoms with Crippen molar-refractivity contribution in [3.05, 3.63) is 35.4 Å². The number of unbranched alkanes of at least 4 members (excludes halogenated alkanes) is 1. The van der Waals surface area contributed by atoms with Crippen LogP contribution in [0.1, 0.15) is 49.1 Å². The lowest BCUT2D eigenvalue weighted by Gasteiger charge is -2.26. The third kappa shape index (κ3) is 3.73. The predicted molar refractivity (Wildman–Crippen MR) is 77.2 cm³/mol. The molecule has 1 saturated heterocycles. The summed E-state index contributed by atoms with van der Waals surface area (Å²) in [4.78, 5) is 0. The van der Waals surface area contributed by atoms with Crippen molar-refractivity contribution in [3.8, 4) is 0 Å². The van der Waals surface area contributed by atoms with Gasteiger partial charge in [-0.2, -0.15) is 0 Å². The number of rotatable bonds is 5. The Hall–Kier alpha value is -0.530. The van der Waals surface area contributed by atoms with Crippen LogP contribution >= 0.6 is 11.6 Å². The molecule has 18 heavy (non-hydrogen) atoms. The fourth-order valence-electron chi connectivity index (χ4n) is 2.52. The summed E-state index contributed by atoms with van der Waals surface area (Å²) in [6.07, 6.45) is 6.02. The maximum atomic E-state index is 6.56. The lowest BCUT2D eigenvalue weighted by atomic mass is 9.93. The molecule has 0 saturated carbocycles. The fraction of sp³-hybridized carbons (Fsp3) is 0.625. The van der Waals surface area contributed by atoms with Crippen molar-refractivity contribution in [2.75, 3.05) is 13.2 Å². The average Bonchev–Trinajstić information content (AvgIpc) is 2.46. The van der Waals surface area contributed by atoms with Crippen molar-refractivity contribution in [2.24, 2.45) is 5.92 Å². The quantitative estimate of drug-likeness (QED) is 0.700. The third-order valence-electron chi connectivity index (χ3n) is 3.73. The molecule has 1 heterocycles. The van der Waals surface area contributed by atoms with Crippen LogP contribution in [-0.4, -0.2) is 13.2 Å². The minimum absolute atomic E-state index is 0.102. The van der Waals surface area contributed by atoms with Crippen LogP contribution < -0.4 is 0 Å². The van der Waals surface area contributed by atoms with Crippen LogP contribution in [0.4, 0.5) is 0 Å². The third-order valence-corrected chi connectivity index (χ3v) is 4.33. The van der Waals surface area contributed by atoms with Crippen LogP contribution in [0.25, 0.3) is 0 Å².